The van der Waals surface area contributed by atoms with Crippen LogP contribution in [0.5, 0.6) is 23.0 Å². The van der Waals surface area contributed by atoms with Gasteiger partial charge in [0.15, 0.2) is 23.0 Å². The van der Waals surface area contributed by atoms with Crippen LogP contribution in [0.15, 0.2) is 45.6 Å². The van der Waals surface area contributed by atoms with Crippen molar-refractivity contribution in [1.82, 2.24) is 0 Å². The van der Waals surface area contributed by atoms with Gasteiger partial charge in [-0.25, -0.2) is 4.79 Å². The summed E-state index contributed by atoms with van der Waals surface area (Å²) in [5.41, 5.74) is -0.323. The van der Waals surface area contributed by atoms with Crippen molar-refractivity contribution in [2.45, 2.75) is 30.7 Å². The molecule has 0 spiro atoms. The number of carbonyl (C=O) groups is 1. The maximum atomic E-state index is 12.7. The second kappa shape index (κ2) is 8.83. The van der Waals surface area contributed by atoms with Crippen LogP contribution in [0.2, 0.25) is 0 Å². The highest BCUT2D eigenvalue weighted by atomic mass is 16.7. The predicted octanol–water partition coefficient (Wildman–Crippen LogP) is 0.151. The lowest BCUT2D eigenvalue weighted by molar-refractivity contribution is -0.271. The van der Waals surface area contributed by atoms with E-state index >= 15 is 0 Å². The predicted molar refractivity (Wildman–Crippen MR) is 113 cm³/mol. The van der Waals surface area contributed by atoms with Crippen molar-refractivity contribution in [3.05, 3.63) is 46.6 Å². The molecular formula is C22H20O12. The largest absolute Gasteiger partial charge is 0.508 e. The highest BCUT2D eigenvalue weighted by Crippen LogP contribution is 2.43. The van der Waals surface area contributed by atoms with Crippen LogP contribution in [0, 0.1) is 0 Å². The smallest absolute Gasteiger partial charge is 0.335 e. The van der Waals surface area contributed by atoms with E-state index in [2.05, 4.69) is 0 Å². The number of fused-ring (bicyclic) bond motifs is 1. The number of carboxylic acid groups (broad SMARTS) is 1. The van der Waals surface area contributed by atoms with E-state index < -0.39 is 47.9 Å². The lowest BCUT2D eigenvalue weighted by Crippen LogP contribution is -2.61. The van der Waals surface area contributed by atoms with Crippen molar-refractivity contribution >= 4 is 16.9 Å². The van der Waals surface area contributed by atoms with Crippen molar-refractivity contribution in [3.63, 3.8) is 0 Å². The van der Waals surface area contributed by atoms with Crippen LogP contribution in [0.25, 0.3) is 22.3 Å². The Hall–Kier alpha value is -3.84. The number of aliphatic carboxylic acids is 1. The number of hydrogen-bond acceptors (Lipinski definition) is 11. The zero-order valence-corrected chi connectivity index (χ0v) is 17.5. The molecule has 1 fully saturated rings. The number of rotatable bonds is 5. The monoisotopic (exact) mass is 476 g/mol. The summed E-state index contributed by atoms with van der Waals surface area (Å²) in [6.45, 7) is 0. The summed E-state index contributed by atoms with van der Waals surface area (Å²) in [4.78, 5) is 24.1. The molecule has 4 rings (SSSR count). The fourth-order valence-electron chi connectivity index (χ4n) is 3.59. The van der Waals surface area contributed by atoms with Gasteiger partial charge in [0, 0.05) is 17.7 Å². The van der Waals surface area contributed by atoms with Crippen LogP contribution in [-0.2, 0) is 9.53 Å². The van der Waals surface area contributed by atoms with Gasteiger partial charge in [-0.05, 0) is 24.3 Å². The third kappa shape index (κ3) is 3.99. The number of aromatic hydroxyl groups is 2. The van der Waals surface area contributed by atoms with Gasteiger partial charge < -0.3 is 49.3 Å². The van der Waals surface area contributed by atoms with Crippen molar-refractivity contribution in [1.29, 1.82) is 0 Å². The van der Waals surface area contributed by atoms with Crippen molar-refractivity contribution < 1.29 is 54.1 Å². The van der Waals surface area contributed by atoms with Crippen LogP contribution in [0.3, 0.4) is 0 Å². The van der Waals surface area contributed by atoms with E-state index in [4.69, 9.17) is 18.6 Å². The van der Waals surface area contributed by atoms with E-state index in [1.807, 2.05) is 0 Å². The second-order valence-electron chi connectivity index (χ2n) is 7.50. The molecule has 0 amide bonds. The zero-order valence-electron chi connectivity index (χ0n) is 17.5. The Morgan fingerprint density at radius 3 is 2.29 bits per heavy atom. The van der Waals surface area contributed by atoms with E-state index in [1.165, 1.54) is 24.3 Å². The van der Waals surface area contributed by atoms with Crippen molar-refractivity contribution in [2.75, 3.05) is 7.11 Å². The third-order valence-electron chi connectivity index (χ3n) is 5.32. The van der Waals surface area contributed by atoms with Gasteiger partial charge in [0.25, 0.3) is 0 Å². The molecule has 0 radical (unpaired) electrons. The lowest BCUT2D eigenvalue weighted by Gasteiger charge is -2.38. The standard InChI is InChI=1S/C22H20O12/c1-31-19-13(33-22-18(28)16(26)17(27)20(34-22)21(29)30)7-12-14(15(19)25)10(24)6-11(32-12)8-2-4-9(23)5-3-8/h2-7,16-18,20,22-23,25-28H,1H3,(H,29,30)/t16-,17-,18+,20-,22-/m0/s1. The Balaban J connectivity index is 1.80. The molecule has 12 nitrogen and oxygen atoms in total. The van der Waals surface area contributed by atoms with E-state index in [0.29, 0.717) is 5.56 Å². The van der Waals surface area contributed by atoms with E-state index in [1.54, 1.807) is 0 Å². The normalized spacial score (nSPS) is 24.6. The van der Waals surface area contributed by atoms with Gasteiger partial charge in [-0.1, -0.05) is 0 Å². The molecule has 1 aliphatic rings. The number of benzene rings is 2. The molecule has 1 saturated heterocycles. The van der Waals surface area contributed by atoms with E-state index in [-0.39, 0.29) is 34.0 Å². The number of aliphatic hydroxyl groups excluding tert-OH is 3. The highest BCUT2D eigenvalue weighted by Gasteiger charge is 2.48. The Bertz CT molecular complexity index is 1280. The molecule has 3 aromatic rings. The Morgan fingerprint density at radius 1 is 1.00 bits per heavy atom. The van der Waals surface area contributed by atoms with Gasteiger partial charge in [0.2, 0.25) is 12.0 Å². The van der Waals surface area contributed by atoms with Crippen LogP contribution in [0.1, 0.15) is 0 Å². The molecule has 12 heteroatoms. The second-order valence-corrected chi connectivity index (χ2v) is 7.50. The molecule has 0 saturated carbocycles. The summed E-state index contributed by atoms with van der Waals surface area (Å²) in [5.74, 6) is -2.81. The number of methoxy groups -OCH3 is 1. The Labute approximate surface area is 190 Å². The molecule has 5 atom stereocenters. The fraction of sp³-hybridized carbons (Fsp3) is 0.273. The minimum absolute atomic E-state index is 0.00274. The van der Waals surface area contributed by atoms with Crippen molar-refractivity contribution in [2.24, 2.45) is 0 Å². The summed E-state index contributed by atoms with van der Waals surface area (Å²) in [7, 11) is 1.16. The molecule has 34 heavy (non-hydrogen) atoms. The van der Waals surface area contributed by atoms with E-state index in [9.17, 15) is 40.2 Å². The minimum atomic E-state index is -1.93. The highest BCUT2D eigenvalue weighted by molar-refractivity contribution is 5.89. The summed E-state index contributed by atoms with van der Waals surface area (Å²) >= 11 is 0. The molecule has 0 bridgehead atoms. The summed E-state index contributed by atoms with van der Waals surface area (Å²) in [5, 5.41) is 59.1. The average molecular weight is 476 g/mol. The summed E-state index contributed by atoms with van der Waals surface area (Å²) in [6.07, 6.45) is -9.42. The number of phenols is 2. The number of phenolic OH excluding ortho intramolecular Hbond substituents is 2. The number of aliphatic hydroxyl groups is 3. The summed E-state index contributed by atoms with van der Waals surface area (Å²) < 4.78 is 21.4. The number of hydrogen-bond donors (Lipinski definition) is 6. The first kappa shape index (κ1) is 23.3. The van der Waals surface area contributed by atoms with Gasteiger partial charge in [-0.3, -0.25) is 4.79 Å². The van der Waals surface area contributed by atoms with Gasteiger partial charge >= 0.3 is 5.97 Å². The van der Waals surface area contributed by atoms with Crippen molar-refractivity contribution in [3.8, 4) is 34.3 Å². The Morgan fingerprint density at radius 2 is 1.68 bits per heavy atom. The molecule has 1 aromatic heterocycles. The van der Waals surface area contributed by atoms with Crippen LogP contribution < -0.4 is 14.9 Å². The third-order valence-corrected chi connectivity index (χ3v) is 5.32. The fourth-order valence-corrected chi connectivity index (χ4v) is 3.59. The number of carboxylic acids is 1. The van der Waals surface area contributed by atoms with Gasteiger partial charge in [-0.15, -0.1) is 0 Å². The van der Waals surface area contributed by atoms with E-state index in [0.717, 1.165) is 19.2 Å². The molecule has 6 N–H and O–H groups in total. The minimum Gasteiger partial charge on any atom is -0.508 e. The van der Waals surface area contributed by atoms with Crippen LogP contribution >= 0.6 is 0 Å². The first-order valence-corrected chi connectivity index (χ1v) is 9.88. The first-order chi connectivity index (χ1) is 16.1. The van der Waals surface area contributed by atoms with Gasteiger partial charge in [0.05, 0.1) is 7.11 Å². The molecular weight excluding hydrogens is 456 g/mol. The number of ether oxygens (including phenoxy) is 3. The molecule has 1 aliphatic heterocycles. The lowest BCUT2D eigenvalue weighted by atomic mass is 9.99. The van der Waals surface area contributed by atoms with Crippen LogP contribution in [-0.4, -0.2) is 74.4 Å². The maximum Gasteiger partial charge on any atom is 0.335 e. The quantitative estimate of drug-likeness (QED) is 0.292. The first-order valence-electron chi connectivity index (χ1n) is 9.88. The summed E-state index contributed by atoms with van der Waals surface area (Å²) in [6, 6.07) is 8.08. The zero-order chi connectivity index (χ0) is 24.7. The SMILES string of the molecule is COc1c(O[C@H]2O[C@H](C(=O)O)[C@@H](O)[C@H](O)[C@H]2O)cc2oc(-c3ccc(O)cc3)cc(=O)c2c1O. The average Bonchev–Trinajstić information content (AvgIpc) is 2.79. The van der Waals surface area contributed by atoms with Crippen LogP contribution in [0.4, 0.5) is 0 Å². The maximum absolute atomic E-state index is 12.7. The molecule has 2 heterocycles. The topological polar surface area (TPSA) is 196 Å². The van der Waals surface area contributed by atoms with Gasteiger partial charge in [0.1, 0.15) is 40.8 Å². The molecule has 0 unspecified atom stereocenters. The molecule has 0 aliphatic carbocycles. The molecule has 180 valence electrons. The van der Waals surface area contributed by atoms with Gasteiger partial charge in [-0.2, -0.15) is 0 Å². The Kier molecular flexibility index (Phi) is 6.06. The molecule has 2 aromatic carbocycles.